The van der Waals surface area contributed by atoms with Gasteiger partial charge in [-0.3, -0.25) is 0 Å². The first kappa shape index (κ1) is 14.0. The Balaban J connectivity index is 1.61. The van der Waals surface area contributed by atoms with Gasteiger partial charge in [-0.05, 0) is 17.9 Å². The van der Waals surface area contributed by atoms with Gasteiger partial charge in [-0.15, -0.1) is 11.3 Å². The fourth-order valence-electron chi connectivity index (χ4n) is 2.01. The zero-order valence-electron chi connectivity index (χ0n) is 11.4. The third-order valence-corrected chi connectivity index (χ3v) is 3.91. The number of imidazole rings is 1. The third-order valence-electron chi connectivity index (χ3n) is 3.05. The van der Waals surface area contributed by atoms with Crippen LogP contribution in [0.2, 0.25) is 0 Å². The largest absolute Gasteiger partial charge is 0.339 e. The molecule has 0 atom stereocenters. The fourth-order valence-corrected chi connectivity index (χ4v) is 2.66. The minimum absolute atomic E-state index is 0.153. The summed E-state index contributed by atoms with van der Waals surface area (Å²) in [6.45, 7) is 0.564. The predicted molar refractivity (Wildman–Crippen MR) is 77.6 cm³/mol. The van der Waals surface area contributed by atoms with E-state index in [0.29, 0.717) is 31.1 Å². The maximum absolute atomic E-state index is 9.04. The molecular formula is C14H10N6OS. The Labute approximate surface area is 130 Å². The summed E-state index contributed by atoms with van der Waals surface area (Å²) >= 11 is 1.56. The molecule has 0 spiro atoms. The number of hydrogen-bond donors (Lipinski definition) is 0. The molecule has 0 aliphatic carbocycles. The average molecular weight is 310 g/mol. The Kier molecular flexibility index (Phi) is 3.95. The SMILES string of the molecule is N#Cc1ncn(CCCc2nc(-c3cccs3)no2)c1C#N. The van der Waals surface area contributed by atoms with E-state index in [4.69, 9.17) is 15.0 Å². The molecule has 22 heavy (non-hydrogen) atoms. The summed E-state index contributed by atoms with van der Waals surface area (Å²) in [6, 6.07) is 7.77. The predicted octanol–water partition coefficient (Wildman–Crippen LogP) is 2.37. The molecule has 8 heteroatoms. The van der Waals surface area contributed by atoms with Gasteiger partial charge in [-0.25, -0.2) is 4.98 Å². The van der Waals surface area contributed by atoms with Crippen LogP contribution in [-0.4, -0.2) is 19.7 Å². The van der Waals surface area contributed by atoms with Gasteiger partial charge in [0.15, 0.2) is 11.4 Å². The summed E-state index contributed by atoms with van der Waals surface area (Å²) < 4.78 is 6.87. The summed E-state index contributed by atoms with van der Waals surface area (Å²) in [5.74, 6) is 1.15. The van der Waals surface area contributed by atoms with Crippen molar-refractivity contribution in [2.45, 2.75) is 19.4 Å². The van der Waals surface area contributed by atoms with Crippen LogP contribution in [0.15, 0.2) is 28.4 Å². The van der Waals surface area contributed by atoms with Gasteiger partial charge in [-0.1, -0.05) is 11.2 Å². The van der Waals surface area contributed by atoms with Crippen LogP contribution in [0.5, 0.6) is 0 Å². The van der Waals surface area contributed by atoms with Crippen LogP contribution >= 0.6 is 11.3 Å². The molecule has 0 unspecified atom stereocenters. The number of nitrogens with zero attached hydrogens (tertiary/aromatic N) is 6. The van der Waals surface area contributed by atoms with E-state index in [2.05, 4.69) is 15.1 Å². The van der Waals surface area contributed by atoms with E-state index < -0.39 is 0 Å². The van der Waals surface area contributed by atoms with Gasteiger partial charge in [0.05, 0.1) is 11.2 Å². The standard InChI is InChI=1S/C14H10N6OS/c15-7-10-11(8-16)20(9-17-10)5-1-4-13-18-14(19-21-13)12-3-2-6-22-12/h2-3,6,9H,1,4-5H2. The van der Waals surface area contributed by atoms with Crippen LogP contribution in [0.4, 0.5) is 0 Å². The summed E-state index contributed by atoms with van der Waals surface area (Å²) in [6.07, 6.45) is 2.81. The minimum Gasteiger partial charge on any atom is -0.339 e. The van der Waals surface area contributed by atoms with E-state index in [1.807, 2.05) is 29.7 Å². The second kappa shape index (κ2) is 6.20. The number of hydrogen-bond acceptors (Lipinski definition) is 7. The van der Waals surface area contributed by atoms with Gasteiger partial charge in [0.25, 0.3) is 0 Å². The summed E-state index contributed by atoms with van der Waals surface area (Å²) in [7, 11) is 0. The molecule has 0 aliphatic rings. The zero-order chi connectivity index (χ0) is 15.4. The first-order valence-corrected chi connectivity index (χ1v) is 7.41. The van der Waals surface area contributed by atoms with Crippen LogP contribution in [0.25, 0.3) is 10.7 Å². The molecule has 3 rings (SSSR count). The smallest absolute Gasteiger partial charge is 0.227 e. The lowest BCUT2D eigenvalue weighted by Crippen LogP contribution is -2.01. The number of aromatic nitrogens is 4. The molecule has 0 amide bonds. The molecule has 0 fully saturated rings. The van der Waals surface area contributed by atoms with Crippen molar-refractivity contribution in [2.24, 2.45) is 0 Å². The van der Waals surface area contributed by atoms with Crippen molar-refractivity contribution in [2.75, 3.05) is 0 Å². The number of nitriles is 2. The lowest BCUT2D eigenvalue weighted by atomic mass is 10.3. The average Bonchev–Trinajstić information content (AvgIpc) is 3.27. The van der Waals surface area contributed by atoms with Crippen molar-refractivity contribution in [1.29, 1.82) is 10.5 Å². The highest BCUT2D eigenvalue weighted by Gasteiger charge is 2.11. The number of thiophene rings is 1. The molecule has 0 saturated heterocycles. The molecule has 108 valence electrons. The first-order chi connectivity index (χ1) is 10.8. The Morgan fingerprint density at radius 2 is 2.23 bits per heavy atom. The Hall–Kier alpha value is -2.97. The van der Waals surface area contributed by atoms with Crippen molar-refractivity contribution in [3.8, 4) is 22.8 Å². The fraction of sp³-hybridized carbons (Fsp3) is 0.214. The van der Waals surface area contributed by atoms with Gasteiger partial charge in [-0.2, -0.15) is 15.5 Å². The molecule has 0 radical (unpaired) electrons. The monoisotopic (exact) mass is 310 g/mol. The van der Waals surface area contributed by atoms with Crippen LogP contribution in [0.3, 0.4) is 0 Å². The van der Waals surface area contributed by atoms with E-state index in [-0.39, 0.29) is 11.4 Å². The topological polar surface area (TPSA) is 104 Å². The molecule has 7 nitrogen and oxygen atoms in total. The highest BCUT2D eigenvalue weighted by molar-refractivity contribution is 7.13. The Morgan fingerprint density at radius 1 is 1.32 bits per heavy atom. The van der Waals surface area contributed by atoms with Crippen molar-refractivity contribution in [3.63, 3.8) is 0 Å². The molecule has 3 aromatic rings. The van der Waals surface area contributed by atoms with E-state index in [1.165, 1.54) is 6.33 Å². The molecule has 0 N–H and O–H groups in total. The van der Waals surface area contributed by atoms with Crippen LogP contribution in [0.1, 0.15) is 23.7 Å². The number of rotatable bonds is 5. The highest BCUT2D eigenvalue weighted by atomic mass is 32.1. The summed E-state index contributed by atoms with van der Waals surface area (Å²) in [5, 5.41) is 23.8. The second-order valence-corrected chi connectivity index (χ2v) is 5.40. The highest BCUT2D eigenvalue weighted by Crippen LogP contribution is 2.21. The Morgan fingerprint density at radius 3 is 2.95 bits per heavy atom. The van der Waals surface area contributed by atoms with Crippen molar-refractivity contribution < 1.29 is 4.52 Å². The van der Waals surface area contributed by atoms with Gasteiger partial charge >= 0.3 is 0 Å². The van der Waals surface area contributed by atoms with Gasteiger partial charge < -0.3 is 9.09 Å². The maximum Gasteiger partial charge on any atom is 0.227 e. The normalized spacial score (nSPS) is 10.3. The zero-order valence-corrected chi connectivity index (χ0v) is 12.2. The lowest BCUT2D eigenvalue weighted by molar-refractivity contribution is 0.373. The molecular weight excluding hydrogens is 300 g/mol. The second-order valence-electron chi connectivity index (χ2n) is 4.45. The minimum atomic E-state index is 0.153. The molecule has 3 heterocycles. The van der Waals surface area contributed by atoms with Crippen LogP contribution in [-0.2, 0) is 13.0 Å². The van der Waals surface area contributed by atoms with Crippen molar-refractivity contribution >= 4 is 11.3 Å². The third kappa shape index (κ3) is 2.73. The van der Waals surface area contributed by atoms with Crippen molar-refractivity contribution in [3.05, 3.63) is 41.1 Å². The quantitative estimate of drug-likeness (QED) is 0.716. The van der Waals surface area contributed by atoms with E-state index >= 15 is 0 Å². The van der Waals surface area contributed by atoms with Crippen LogP contribution < -0.4 is 0 Å². The van der Waals surface area contributed by atoms with Crippen molar-refractivity contribution in [1.82, 2.24) is 19.7 Å². The van der Waals surface area contributed by atoms with Crippen LogP contribution in [0, 0.1) is 22.7 Å². The van der Waals surface area contributed by atoms with E-state index in [1.54, 1.807) is 15.9 Å². The van der Waals surface area contributed by atoms with Gasteiger partial charge in [0, 0.05) is 13.0 Å². The lowest BCUT2D eigenvalue weighted by Gasteiger charge is -2.01. The molecule has 0 aromatic carbocycles. The maximum atomic E-state index is 9.04. The van der Waals surface area contributed by atoms with Gasteiger partial charge in [0.1, 0.15) is 12.1 Å². The molecule has 0 bridgehead atoms. The van der Waals surface area contributed by atoms with E-state index in [9.17, 15) is 0 Å². The molecule has 3 aromatic heterocycles. The molecule has 0 saturated carbocycles. The summed E-state index contributed by atoms with van der Waals surface area (Å²) in [5.41, 5.74) is 0.438. The van der Waals surface area contributed by atoms with Gasteiger partial charge in [0.2, 0.25) is 11.7 Å². The van der Waals surface area contributed by atoms with E-state index in [0.717, 1.165) is 4.88 Å². The first-order valence-electron chi connectivity index (χ1n) is 6.53. The number of aryl methyl sites for hydroxylation is 2. The Bertz CT molecular complexity index is 849. The summed E-state index contributed by atoms with van der Waals surface area (Å²) in [4.78, 5) is 9.20. The molecule has 0 aliphatic heterocycles.